The molecule has 3 atom stereocenters. The second-order valence-electron chi connectivity index (χ2n) is 26.8. The highest BCUT2D eigenvalue weighted by molar-refractivity contribution is 7.26. The summed E-state index contributed by atoms with van der Waals surface area (Å²) in [6, 6.07) is 42.8. The average molecular weight is 909 g/mol. The Morgan fingerprint density at radius 1 is 0.515 bits per heavy atom. The molecule has 1 aromatic heterocycles. The summed E-state index contributed by atoms with van der Waals surface area (Å²) in [5.74, 6) is 0. The van der Waals surface area contributed by atoms with Gasteiger partial charge < -0.3 is 9.80 Å². The Morgan fingerprint density at radius 2 is 1.16 bits per heavy atom. The molecule has 13 rings (SSSR count). The molecule has 1 fully saturated rings. The van der Waals surface area contributed by atoms with Crippen LogP contribution >= 0.6 is 11.3 Å². The molecule has 68 heavy (non-hydrogen) atoms. The average Bonchev–Trinajstić information content (AvgIpc) is 3.89. The van der Waals surface area contributed by atoms with Crippen molar-refractivity contribution in [1.82, 2.24) is 0 Å². The van der Waals surface area contributed by atoms with E-state index in [0.717, 1.165) is 12.8 Å². The van der Waals surface area contributed by atoms with E-state index in [4.69, 9.17) is 0 Å². The first-order valence-electron chi connectivity index (χ1n) is 25.8. The number of anilines is 6. The fourth-order valence-electron chi connectivity index (χ4n) is 14.3. The Bertz CT molecular complexity index is 3360. The predicted molar refractivity (Wildman–Crippen MR) is 295 cm³/mol. The second kappa shape index (κ2) is 13.2. The van der Waals surface area contributed by atoms with Crippen LogP contribution in [0.4, 0.5) is 33.4 Å². The Labute approximate surface area is 411 Å². The zero-order chi connectivity index (χ0) is 47.6. The van der Waals surface area contributed by atoms with Gasteiger partial charge in [-0.15, -0.1) is 11.3 Å². The van der Waals surface area contributed by atoms with Crippen LogP contribution in [0.1, 0.15) is 174 Å². The summed E-state index contributed by atoms with van der Waals surface area (Å²) in [7, 11) is 0. The number of fused-ring (bicyclic) bond motifs is 17. The maximum atomic E-state index is 2.75. The van der Waals surface area contributed by atoms with Crippen LogP contribution in [-0.2, 0) is 37.9 Å². The van der Waals surface area contributed by atoms with Crippen molar-refractivity contribution in [3.05, 3.63) is 148 Å². The van der Waals surface area contributed by atoms with E-state index < -0.39 is 0 Å². The lowest BCUT2D eigenvalue weighted by molar-refractivity contribution is 0.350. The molecule has 6 aromatic carbocycles. The molecule has 7 aromatic rings. The molecule has 4 heteroatoms. The summed E-state index contributed by atoms with van der Waals surface area (Å²) in [5.41, 5.74) is 25.6. The van der Waals surface area contributed by atoms with Crippen LogP contribution in [0.5, 0.6) is 0 Å². The SMILES string of the molecule is CC(C)(C)c1ccc(N2c3cc(C(C)(C)C)cc4c3B(c3cc5c6cc3N4c3ccc(C(C)(C)C)cc3-c3cccc(c3)C6(C)CCC5(C)C)c3c2sc2cc4c(cc32)C2(C)CCC4(C)C2)cc1. The largest absolute Gasteiger partial charge is 0.311 e. The zero-order valence-corrected chi connectivity index (χ0v) is 44.0. The Hall–Kier alpha value is -5.06. The first-order valence-corrected chi connectivity index (χ1v) is 26.6. The van der Waals surface area contributed by atoms with Crippen LogP contribution in [0.25, 0.3) is 21.2 Å². The number of benzene rings is 6. The topological polar surface area (TPSA) is 6.48 Å². The van der Waals surface area contributed by atoms with Gasteiger partial charge >= 0.3 is 0 Å². The highest BCUT2D eigenvalue weighted by Gasteiger charge is 2.54. The van der Waals surface area contributed by atoms with Crippen LogP contribution in [0.2, 0.25) is 0 Å². The summed E-state index contributed by atoms with van der Waals surface area (Å²) in [5, 5.41) is 2.85. The normalized spacial score (nSPS) is 23.6. The first-order chi connectivity index (χ1) is 31.9. The highest BCUT2D eigenvalue weighted by Crippen LogP contribution is 2.62. The number of rotatable bonds is 1. The summed E-state index contributed by atoms with van der Waals surface area (Å²) in [4.78, 5) is 5.46. The number of hydrogen-bond donors (Lipinski definition) is 0. The van der Waals surface area contributed by atoms with E-state index >= 15 is 0 Å². The lowest BCUT2D eigenvalue weighted by Crippen LogP contribution is -2.61. The van der Waals surface area contributed by atoms with Gasteiger partial charge in [-0.25, -0.2) is 0 Å². The van der Waals surface area contributed by atoms with Gasteiger partial charge in [-0.1, -0.05) is 145 Å². The van der Waals surface area contributed by atoms with Gasteiger partial charge in [0.25, 0.3) is 6.71 Å². The molecule has 0 spiro atoms. The van der Waals surface area contributed by atoms with E-state index in [2.05, 4.69) is 210 Å². The smallest absolute Gasteiger partial charge is 0.254 e. The van der Waals surface area contributed by atoms with E-state index in [0.29, 0.717) is 0 Å². The van der Waals surface area contributed by atoms with E-state index in [1.807, 2.05) is 11.3 Å². The molecular weight excluding hydrogens is 840 g/mol. The van der Waals surface area contributed by atoms with Crippen molar-refractivity contribution in [2.45, 2.75) is 167 Å². The Morgan fingerprint density at radius 3 is 1.84 bits per heavy atom. The number of thiophene rings is 1. The zero-order valence-electron chi connectivity index (χ0n) is 43.2. The number of nitrogens with zero attached hydrogens (tertiary/aromatic N) is 2. The standard InChI is InChI=1S/C64H69BN2S/c1-58(2,3)38-18-21-42(22-19-38)66-52-30-41(60(7,8)9)31-53-56(52)65(55-44-32-46-47(35-54(44)68-57(55)66)63(13)26-25-62(46,12)36-63)49-33-45-48-34-51(49)67(53)50-23-20-39(59(4,5)6)29-43(50)37-16-15-17-40(28-37)64(48,14)27-24-61(45,10)11/h15-23,28-35H,24-27,36H2,1-14H3. The van der Waals surface area contributed by atoms with Crippen LogP contribution in [0, 0.1) is 0 Å². The van der Waals surface area contributed by atoms with E-state index in [1.165, 1.54) is 124 Å². The van der Waals surface area contributed by atoms with E-state index in [9.17, 15) is 0 Å². The Kier molecular flexibility index (Phi) is 8.36. The van der Waals surface area contributed by atoms with Crippen LogP contribution in [-0.4, -0.2) is 6.71 Å². The molecule has 0 amide bonds. The lowest BCUT2D eigenvalue weighted by Gasteiger charge is -2.49. The molecule has 3 aliphatic heterocycles. The minimum absolute atomic E-state index is 0.00517. The second-order valence-corrected chi connectivity index (χ2v) is 27.9. The quantitative estimate of drug-likeness (QED) is 0.151. The molecule has 4 heterocycles. The third kappa shape index (κ3) is 5.70. The molecule has 3 unspecified atom stereocenters. The molecular formula is C64H69BN2S. The van der Waals surface area contributed by atoms with Gasteiger partial charge in [0.15, 0.2) is 0 Å². The molecule has 3 aliphatic carbocycles. The maximum Gasteiger partial charge on any atom is 0.254 e. The molecule has 0 saturated heterocycles. The van der Waals surface area contributed by atoms with Crippen molar-refractivity contribution >= 4 is 78.0 Å². The van der Waals surface area contributed by atoms with Crippen molar-refractivity contribution in [3.63, 3.8) is 0 Å². The summed E-state index contributed by atoms with van der Waals surface area (Å²) < 4.78 is 1.44. The van der Waals surface area contributed by atoms with Gasteiger partial charge in [0.2, 0.25) is 0 Å². The van der Waals surface area contributed by atoms with E-state index in [-0.39, 0.29) is 44.6 Å². The van der Waals surface area contributed by atoms with Gasteiger partial charge in [0.05, 0.1) is 10.7 Å². The Balaban J connectivity index is 1.21. The molecule has 0 radical (unpaired) electrons. The monoisotopic (exact) mass is 909 g/mol. The van der Waals surface area contributed by atoms with Crippen molar-refractivity contribution in [3.8, 4) is 11.1 Å². The van der Waals surface area contributed by atoms with Crippen molar-refractivity contribution in [1.29, 1.82) is 0 Å². The molecule has 6 bridgehead atoms. The summed E-state index contributed by atoms with van der Waals surface area (Å²) >= 11 is 2.05. The minimum atomic E-state index is -0.131. The van der Waals surface area contributed by atoms with Crippen molar-refractivity contribution in [2.75, 3.05) is 9.80 Å². The molecule has 0 N–H and O–H groups in total. The van der Waals surface area contributed by atoms with E-state index in [1.54, 1.807) is 11.1 Å². The van der Waals surface area contributed by atoms with Crippen molar-refractivity contribution < 1.29 is 0 Å². The highest BCUT2D eigenvalue weighted by atomic mass is 32.1. The predicted octanol–water partition coefficient (Wildman–Crippen LogP) is 15.9. The number of hydrogen-bond acceptors (Lipinski definition) is 3. The van der Waals surface area contributed by atoms with Gasteiger partial charge in [0.1, 0.15) is 0 Å². The molecule has 2 nitrogen and oxygen atoms in total. The molecule has 1 saturated carbocycles. The summed E-state index contributed by atoms with van der Waals surface area (Å²) in [6.07, 6.45) is 6.10. The van der Waals surface area contributed by atoms with Gasteiger partial charge in [-0.3, -0.25) is 0 Å². The maximum absolute atomic E-state index is 2.75. The fourth-order valence-corrected chi connectivity index (χ4v) is 15.6. The first kappa shape index (κ1) is 43.0. The van der Waals surface area contributed by atoms with Crippen LogP contribution in [0.15, 0.2) is 103 Å². The third-order valence-electron chi connectivity index (χ3n) is 18.6. The fraction of sp³-hybridized carbons (Fsp3) is 0.406. The molecule has 6 aliphatic rings. The molecule has 344 valence electrons. The van der Waals surface area contributed by atoms with Gasteiger partial charge in [0, 0.05) is 38.4 Å². The summed E-state index contributed by atoms with van der Waals surface area (Å²) in [6.45, 7) is 34.1. The van der Waals surface area contributed by atoms with Crippen LogP contribution in [0.3, 0.4) is 0 Å². The van der Waals surface area contributed by atoms with Gasteiger partial charge in [-0.05, 0) is 191 Å². The van der Waals surface area contributed by atoms with Crippen LogP contribution < -0.4 is 26.2 Å². The van der Waals surface area contributed by atoms with Gasteiger partial charge in [-0.2, -0.15) is 0 Å². The van der Waals surface area contributed by atoms with Crippen molar-refractivity contribution in [2.24, 2.45) is 0 Å². The third-order valence-corrected chi connectivity index (χ3v) is 19.8. The minimum Gasteiger partial charge on any atom is -0.311 e. The lowest BCUT2D eigenvalue weighted by atomic mass is 9.33.